The van der Waals surface area contributed by atoms with Gasteiger partial charge in [-0.05, 0) is 11.8 Å². The second-order valence-electron chi connectivity index (χ2n) is 5.09. The van der Waals surface area contributed by atoms with Crippen LogP contribution in [0.2, 0.25) is 0 Å². The average Bonchev–Trinajstić information content (AvgIpc) is 2.92. The number of thioether (sulfide) groups is 1. The molecule has 1 amide bonds. The first-order valence-corrected chi connectivity index (χ1v) is 8.23. The minimum absolute atomic E-state index is 0.113. The maximum absolute atomic E-state index is 12.0. The van der Waals surface area contributed by atoms with E-state index in [1.165, 1.54) is 23.1 Å². The molecule has 0 aromatic carbocycles. The summed E-state index contributed by atoms with van der Waals surface area (Å²) in [6, 6.07) is 0. The lowest BCUT2D eigenvalue weighted by Crippen LogP contribution is -2.24. The maximum Gasteiger partial charge on any atom is 0.229 e. The zero-order valence-electron chi connectivity index (χ0n) is 11.4. The number of aromatic nitrogens is 1. The molecule has 104 valence electrons. The lowest BCUT2D eigenvalue weighted by molar-refractivity contribution is -0.117. The van der Waals surface area contributed by atoms with Gasteiger partial charge in [-0.3, -0.25) is 14.5 Å². The molecule has 2 heterocycles. The lowest BCUT2D eigenvalue weighted by atomic mass is 10.1. The van der Waals surface area contributed by atoms with Crippen LogP contribution in [0.5, 0.6) is 0 Å². The van der Waals surface area contributed by atoms with E-state index in [1.54, 1.807) is 11.8 Å². The van der Waals surface area contributed by atoms with E-state index in [0.29, 0.717) is 18.9 Å². The van der Waals surface area contributed by atoms with E-state index in [1.807, 2.05) is 5.38 Å². The van der Waals surface area contributed by atoms with Crippen molar-refractivity contribution in [3.05, 3.63) is 11.1 Å². The average molecular weight is 298 g/mol. The van der Waals surface area contributed by atoms with Crippen molar-refractivity contribution in [1.29, 1.82) is 0 Å². The zero-order chi connectivity index (χ0) is 14.0. The van der Waals surface area contributed by atoms with Crippen LogP contribution in [0.4, 0.5) is 5.13 Å². The molecular formula is C13H18N2O2S2. The Hall–Kier alpha value is -0.880. The Labute approximate surface area is 121 Å². The van der Waals surface area contributed by atoms with Crippen molar-refractivity contribution in [3.63, 3.8) is 0 Å². The van der Waals surface area contributed by atoms with Crippen LogP contribution in [0, 0.1) is 5.92 Å². The van der Waals surface area contributed by atoms with Gasteiger partial charge in [0.05, 0.1) is 5.69 Å². The monoisotopic (exact) mass is 298 g/mol. The van der Waals surface area contributed by atoms with Crippen molar-refractivity contribution >= 4 is 39.3 Å². The molecule has 1 fully saturated rings. The molecule has 0 radical (unpaired) electrons. The minimum Gasteiger partial charge on any atom is -0.288 e. The number of anilines is 1. The quantitative estimate of drug-likeness (QED) is 0.857. The molecule has 19 heavy (non-hydrogen) atoms. The van der Waals surface area contributed by atoms with Crippen LogP contribution in [-0.2, 0) is 9.59 Å². The normalized spacial score (nSPS) is 19.5. The summed E-state index contributed by atoms with van der Waals surface area (Å²) in [7, 11) is 0. The van der Waals surface area contributed by atoms with Gasteiger partial charge in [0.25, 0.3) is 0 Å². The second-order valence-corrected chi connectivity index (χ2v) is 7.12. The Morgan fingerprint density at radius 2 is 2.37 bits per heavy atom. The van der Waals surface area contributed by atoms with Crippen LogP contribution in [-0.4, -0.2) is 28.3 Å². The third-order valence-corrected chi connectivity index (χ3v) is 4.99. The molecule has 0 spiro atoms. The number of hydrogen-bond acceptors (Lipinski definition) is 5. The van der Waals surface area contributed by atoms with E-state index >= 15 is 0 Å². The third-order valence-electron chi connectivity index (χ3n) is 3.06. The van der Waals surface area contributed by atoms with Gasteiger partial charge in [0.15, 0.2) is 10.2 Å². The summed E-state index contributed by atoms with van der Waals surface area (Å²) in [6.07, 6.45) is 0.525. The smallest absolute Gasteiger partial charge is 0.229 e. The predicted octanol–water partition coefficient (Wildman–Crippen LogP) is 2.90. The standard InChI is InChI=1S/C13H18N2O2S2/c1-8(2)11-7-19-13(14-11)15-5-10(4-12(15)17)6-18-9(3)16/h7-8,10H,4-6H2,1-3H3. The molecule has 1 atom stereocenters. The number of rotatable bonds is 4. The van der Waals surface area contributed by atoms with E-state index in [9.17, 15) is 9.59 Å². The maximum atomic E-state index is 12.0. The topological polar surface area (TPSA) is 50.3 Å². The van der Waals surface area contributed by atoms with Crippen molar-refractivity contribution in [1.82, 2.24) is 4.98 Å². The number of hydrogen-bond donors (Lipinski definition) is 0. The molecule has 1 aliphatic heterocycles. The molecule has 0 N–H and O–H groups in total. The van der Waals surface area contributed by atoms with Crippen molar-refractivity contribution in [2.24, 2.45) is 5.92 Å². The number of carbonyl (C=O) groups excluding carboxylic acids is 2. The summed E-state index contributed by atoms with van der Waals surface area (Å²) >= 11 is 2.83. The molecule has 2 rings (SSSR count). The van der Waals surface area contributed by atoms with Crippen LogP contribution < -0.4 is 4.90 Å². The van der Waals surface area contributed by atoms with Crippen LogP contribution >= 0.6 is 23.1 Å². The van der Waals surface area contributed by atoms with E-state index in [0.717, 1.165) is 16.6 Å². The van der Waals surface area contributed by atoms with Crippen molar-refractivity contribution in [2.45, 2.75) is 33.1 Å². The van der Waals surface area contributed by atoms with Crippen LogP contribution in [0.3, 0.4) is 0 Å². The van der Waals surface area contributed by atoms with Crippen LogP contribution in [0.15, 0.2) is 5.38 Å². The first-order chi connectivity index (χ1) is 8.97. The van der Waals surface area contributed by atoms with Crippen molar-refractivity contribution < 1.29 is 9.59 Å². The summed E-state index contributed by atoms with van der Waals surface area (Å²) in [4.78, 5) is 29.3. The Balaban J connectivity index is 2.00. The summed E-state index contributed by atoms with van der Waals surface area (Å²) in [6.45, 7) is 6.44. The Kier molecular flexibility index (Phi) is 4.62. The van der Waals surface area contributed by atoms with Gasteiger partial charge in [0.1, 0.15) is 0 Å². The highest BCUT2D eigenvalue weighted by Crippen LogP contribution is 2.31. The largest absolute Gasteiger partial charge is 0.288 e. The van der Waals surface area contributed by atoms with Gasteiger partial charge in [-0.25, -0.2) is 4.98 Å². The molecule has 1 aromatic heterocycles. The van der Waals surface area contributed by atoms with Crippen LogP contribution in [0.1, 0.15) is 38.8 Å². The number of nitrogens with zero attached hydrogens (tertiary/aromatic N) is 2. The molecule has 0 aliphatic carbocycles. The second kappa shape index (κ2) is 6.05. The van der Waals surface area contributed by atoms with E-state index in [4.69, 9.17) is 0 Å². The minimum atomic E-state index is 0.113. The lowest BCUT2D eigenvalue weighted by Gasteiger charge is -2.12. The van der Waals surface area contributed by atoms with Crippen LogP contribution in [0.25, 0.3) is 0 Å². The molecular weight excluding hydrogens is 280 g/mol. The highest BCUT2D eigenvalue weighted by atomic mass is 32.2. The van der Waals surface area contributed by atoms with E-state index < -0.39 is 0 Å². The molecule has 0 saturated carbocycles. The molecule has 1 unspecified atom stereocenters. The Morgan fingerprint density at radius 1 is 1.63 bits per heavy atom. The number of thiazole rings is 1. The summed E-state index contributed by atoms with van der Waals surface area (Å²) in [5.41, 5.74) is 1.04. The Morgan fingerprint density at radius 3 is 2.95 bits per heavy atom. The first-order valence-electron chi connectivity index (χ1n) is 6.36. The van der Waals surface area contributed by atoms with Gasteiger partial charge in [0, 0.05) is 31.0 Å². The van der Waals surface area contributed by atoms with Gasteiger partial charge < -0.3 is 0 Å². The molecule has 1 aromatic rings. The molecule has 6 heteroatoms. The molecule has 1 saturated heterocycles. The zero-order valence-corrected chi connectivity index (χ0v) is 13.0. The number of amides is 1. The van der Waals surface area contributed by atoms with Gasteiger partial charge in [-0.1, -0.05) is 25.6 Å². The first kappa shape index (κ1) is 14.5. The van der Waals surface area contributed by atoms with Crippen molar-refractivity contribution in [3.8, 4) is 0 Å². The molecule has 1 aliphatic rings. The van der Waals surface area contributed by atoms with Crippen molar-refractivity contribution in [2.75, 3.05) is 17.2 Å². The summed E-state index contributed by atoms with van der Waals surface area (Å²) in [5.74, 6) is 1.48. The van der Waals surface area contributed by atoms with Gasteiger partial charge in [-0.15, -0.1) is 11.3 Å². The molecule has 0 bridgehead atoms. The summed E-state index contributed by atoms with van der Waals surface area (Å²) in [5, 5.41) is 2.93. The van der Waals surface area contributed by atoms with E-state index in [2.05, 4.69) is 18.8 Å². The molecule has 4 nitrogen and oxygen atoms in total. The fraction of sp³-hybridized carbons (Fsp3) is 0.615. The Bertz CT molecular complexity index is 485. The predicted molar refractivity (Wildman–Crippen MR) is 79.8 cm³/mol. The summed E-state index contributed by atoms with van der Waals surface area (Å²) < 4.78 is 0. The fourth-order valence-corrected chi connectivity index (χ4v) is 3.69. The van der Waals surface area contributed by atoms with Gasteiger partial charge in [-0.2, -0.15) is 0 Å². The van der Waals surface area contributed by atoms with Gasteiger partial charge >= 0.3 is 0 Å². The SMILES string of the molecule is CC(=O)SCC1CC(=O)N(c2nc(C(C)C)cs2)C1. The highest BCUT2D eigenvalue weighted by molar-refractivity contribution is 8.13. The number of carbonyl (C=O) groups is 2. The highest BCUT2D eigenvalue weighted by Gasteiger charge is 2.32. The van der Waals surface area contributed by atoms with Gasteiger partial charge in [0.2, 0.25) is 5.91 Å². The third kappa shape index (κ3) is 3.57. The van der Waals surface area contributed by atoms with E-state index in [-0.39, 0.29) is 16.9 Å². The fourth-order valence-electron chi connectivity index (χ4n) is 1.98.